The second-order valence-electron chi connectivity index (χ2n) is 6.43. The van der Waals surface area contributed by atoms with Crippen LogP contribution in [0.1, 0.15) is 22.3 Å². The van der Waals surface area contributed by atoms with Crippen molar-refractivity contribution in [1.29, 1.82) is 0 Å². The van der Waals surface area contributed by atoms with E-state index in [1.54, 1.807) is 12.1 Å². The number of nitrogens with one attached hydrogen (secondary N) is 1. The molecule has 0 aliphatic carbocycles. The maximum Gasteiger partial charge on any atom is 0.338 e. The van der Waals surface area contributed by atoms with Crippen molar-refractivity contribution in [3.63, 3.8) is 0 Å². The first kappa shape index (κ1) is 20.9. The zero-order valence-electron chi connectivity index (χ0n) is 16.4. The van der Waals surface area contributed by atoms with Gasteiger partial charge in [-0.2, -0.15) is 0 Å². The number of hydrogen-bond acceptors (Lipinski definition) is 8. The summed E-state index contributed by atoms with van der Waals surface area (Å²) >= 11 is 0. The Morgan fingerprint density at radius 3 is 2.53 bits per heavy atom. The number of ether oxygens (including phenoxy) is 4. The topological polar surface area (TPSA) is 126 Å². The second-order valence-corrected chi connectivity index (χ2v) is 6.43. The van der Waals surface area contributed by atoms with Crippen LogP contribution in [0.25, 0.3) is 0 Å². The molecule has 1 aliphatic heterocycles. The van der Waals surface area contributed by atoms with Gasteiger partial charge in [0, 0.05) is 12.5 Å². The van der Waals surface area contributed by atoms with Crippen molar-refractivity contribution in [2.24, 2.45) is 0 Å². The summed E-state index contributed by atoms with van der Waals surface area (Å²) in [6.07, 6.45) is 0.629. The van der Waals surface area contributed by atoms with E-state index in [4.69, 9.17) is 18.9 Å². The monoisotopic (exact) mass is 416 g/mol. The van der Waals surface area contributed by atoms with Crippen LogP contribution in [-0.4, -0.2) is 43.7 Å². The fraction of sp³-hybridized carbons (Fsp3) is 0.300. The molecular formula is C20H20N2O8. The number of carbonyl (C=O) groups is 2. The SMILES string of the molecule is COc1cc(C(=O)OCC(=O)Nc2cc3c(cc2[N+](=O)[O-])OCCCO3)ccc1C. The molecule has 0 saturated carbocycles. The minimum atomic E-state index is -0.736. The molecule has 1 N–H and O–H groups in total. The molecule has 1 heterocycles. The molecule has 0 spiro atoms. The minimum Gasteiger partial charge on any atom is -0.496 e. The standard InChI is InChI=1S/C20H20N2O8/c1-12-4-5-13(8-16(12)27-2)20(24)30-11-19(23)21-14-9-17-18(10-15(14)22(25)26)29-7-3-6-28-17/h4-5,8-10H,3,6-7,11H2,1-2H3,(H,21,23). The third kappa shape index (κ3) is 4.77. The van der Waals surface area contributed by atoms with Gasteiger partial charge in [-0.25, -0.2) is 4.79 Å². The first-order chi connectivity index (χ1) is 14.4. The average molecular weight is 416 g/mol. The van der Waals surface area contributed by atoms with Crippen LogP contribution >= 0.6 is 0 Å². The van der Waals surface area contributed by atoms with Gasteiger partial charge in [-0.15, -0.1) is 0 Å². The lowest BCUT2D eigenvalue weighted by atomic mass is 10.1. The number of hydrogen-bond donors (Lipinski definition) is 1. The van der Waals surface area contributed by atoms with Gasteiger partial charge in [0.1, 0.15) is 11.4 Å². The highest BCUT2D eigenvalue weighted by Gasteiger charge is 2.23. The van der Waals surface area contributed by atoms with Crippen LogP contribution < -0.4 is 19.5 Å². The van der Waals surface area contributed by atoms with Gasteiger partial charge < -0.3 is 24.3 Å². The molecule has 0 unspecified atom stereocenters. The lowest BCUT2D eigenvalue weighted by Crippen LogP contribution is -2.21. The van der Waals surface area contributed by atoms with E-state index >= 15 is 0 Å². The molecule has 0 fully saturated rings. The summed E-state index contributed by atoms with van der Waals surface area (Å²) in [6.45, 7) is 1.95. The van der Waals surface area contributed by atoms with Gasteiger partial charge in [0.25, 0.3) is 11.6 Å². The summed E-state index contributed by atoms with van der Waals surface area (Å²) in [7, 11) is 1.48. The summed E-state index contributed by atoms with van der Waals surface area (Å²) in [5.74, 6) is -0.428. The fourth-order valence-electron chi connectivity index (χ4n) is 2.80. The summed E-state index contributed by atoms with van der Waals surface area (Å²) in [5, 5.41) is 13.8. The molecule has 0 aromatic heterocycles. The van der Waals surface area contributed by atoms with Crippen LogP contribution in [0.4, 0.5) is 11.4 Å². The van der Waals surface area contributed by atoms with E-state index in [1.165, 1.54) is 25.3 Å². The molecule has 158 valence electrons. The predicted octanol–water partition coefficient (Wildman–Crippen LogP) is 2.87. The molecule has 3 rings (SSSR count). The van der Waals surface area contributed by atoms with Crippen molar-refractivity contribution in [2.75, 3.05) is 32.2 Å². The molecule has 0 bridgehead atoms. The number of fused-ring (bicyclic) bond motifs is 1. The molecule has 30 heavy (non-hydrogen) atoms. The Hall–Kier alpha value is -3.82. The Morgan fingerprint density at radius 1 is 1.17 bits per heavy atom. The normalized spacial score (nSPS) is 12.5. The second kappa shape index (κ2) is 9.12. The van der Waals surface area contributed by atoms with Crippen molar-refractivity contribution >= 4 is 23.3 Å². The van der Waals surface area contributed by atoms with Gasteiger partial charge >= 0.3 is 5.97 Å². The van der Waals surface area contributed by atoms with Crippen LogP contribution in [0.5, 0.6) is 17.2 Å². The van der Waals surface area contributed by atoms with E-state index in [2.05, 4.69) is 5.32 Å². The summed E-state index contributed by atoms with van der Waals surface area (Å²) in [4.78, 5) is 35.1. The molecule has 2 aromatic carbocycles. The largest absolute Gasteiger partial charge is 0.496 e. The third-order valence-electron chi connectivity index (χ3n) is 4.31. The number of benzene rings is 2. The maximum absolute atomic E-state index is 12.2. The Balaban J connectivity index is 1.69. The average Bonchev–Trinajstić information content (AvgIpc) is 2.96. The van der Waals surface area contributed by atoms with Crippen molar-refractivity contribution in [2.45, 2.75) is 13.3 Å². The van der Waals surface area contributed by atoms with E-state index in [0.29, 0.717) is 25.4 Å². The Bertz CT molecular complexity index is 989. The Kier molecular flexibility index (Phi) is 6.35. The fourth-order valence-corrected chi connectivity index (χ4v) is 2.80. The van der Waals surface area contributed by atoms with E-state index < -0.39 is 23.4 Å². The van der Waals surface area contributed by atoms with Crippen molar-refractivity contribution in [3.8, 4) is 17.2 Å². The zero-order chi connectivity index (χ0) is 21.7. The smallest absolute Gasteiger partial charge is 0.338 e. The lowest BCUT2D eigenvalue weighted by Gasteiger charge is -2.12. The number of nitro groups is 1. The van der Waals surface area contributed by atoms with Crippen molar-refractivity contribution < 1.29 is 33.5 Å². The van der Waals surface area contributed by atoms with Gasteiger partial charge in [-0.1, -0.05) is 6.07 Å². The first-order valence-electron chi connectivity index (χ1n) is 9.08. The number of rotatable bonds is 6. The van der Waals surface area contributed by atoms with E-state index in [1.807, 2.05) is 6.92 Å². The molecule has 0 atom stereocenters. The highest BCUT2D eigenvalue weighted by Crippen LogP contribution is 2.39. The lowest BCUT2D eigenvalue weighted by molar-refractivity contribution is -0.384. The molecule has 0 radical (unpaired) electrons. The quantitative estimate of drug-likeness (QED) is 0.433. The first-order valence-corrected chi connectivity index (χ1v) is 9.08. The van der Waals surface area contributed by atoms with Gasteiger partial charge in [0.2, 0.25) is 0 Å². The van der Waals surface area contributed by atoms with Crippen LogP contribution in [-0.2, 0) is 9.53 Å². The van der Waals surface area contributed by atoms with Gasteiger partial charge in [0.15, 0.2) is 18.1 Å². The third-order valence-corrected chi connectivity index (χ3v) is 4.31. The highest BCUT2D eigenvalue weighted by atomic mass is 16.6. The Labute approximate surface area is 171 Å². The number of esters is 1. The van der Waals surface area contributed by atoms with Gasteiger partial charge in [-0.3, -0.25) is 14.9 Å². The van der Waals surface area contributed by atoms with Gasteiger partial charge in [0.05, 0.1) is 36.9 Å². The maximum atomic E-state index is 12.2. The molecule has 1 aliphatic rings. The minimum absolute atomic E-state index is 0.0812. The van der Waals surface area contributed by atoms with Gasteiger partial charge in [-0.05, 0) is 24.6 Å². The summed E-state index contributed by atoms with van der Waals surface area (Å²) in [5.41, 5.74) is 0.616. The molecular weight excluding hydrogens is 396 g/mol. The number of aryl methyl sites for hydroxylation is 1. The van der Waals surface area contributed by atoms with Crippen LogP contribution in [0, 0.1) is 17.0 Å². The number of methoxy groups -OCH3 is 1. The van der Waals surface area contributed by atoms with Crippen LogP contribution in [0.3, 0.4) is 0 Å². The van der Waals surface area contributed by atoms with E-state index in [0.717, 1.165) is 5.56 Å². The number of anilines is 1. The molecule has 0 saturated heterocycles. The number of carbonyl (C=O) groups excluding carboxylic acids is 2. The predicted molar refractivity (Wildman–Crippen MR) is 105 cm³/mol. The molecule has 1 amide bonds. The number of nitrogens with zero attached hydrogens (tertiary/aromatic N) is 1. The number of nitro benzene ring substituents is 1. The van der Waals surface area contributed by atoms with Crippen LogP contribution in [0.15, 0.2) is 30.3 Å². The highest BCUT2D eigenvalue weighted by molar-refractivity contribution is 5.97. The van der Waals surface area contributed by atoms with E-state index in [9.17, 15) is 19.7 Å². The zero-order valence-corrected chi connectivity index (χ0v) is 16.4. The summed E-state index contributed by atoms with van der Waals surface area (Å²) in [6, 6.07) is 7.26. The molecule has 10 heteroatoms. The Morgan fingerprint density at radius 2 is 1.87 bits per heavy atom. The van der Waals surface area contributed by atoms with Crippen LogP contribution in [0.2, 0.25) is 0 Å². The van der Waals surface area contributed by atoms with Crippen molar-refractivity contribution in [1.82, 2.24) is 0 Å². The number of amides is 1. The molecule has 10 nitrogen and oxygen atoms in total. The van der Waals surface area contributed by atoms with E-state index in [-0.39, 0.29) is 28.4 Å². The molecule has 2 aromatic rings. The summed E-state index contributed by atoms with van der Waals surface area (Å²) < 4.78 is 21.1. The van der Waals surface area contributed by atoms with Crippen molar-refractivity contribution in [3.05, 3.63) is 51.6 Å².